The summed E-state index contributed by atoms with van der Waals surface area (Å²) < 4.78 is 23.6. The van der Waals surface area contributed by atoms with Crippen LogP contribution in [0.5, 0.6) is 0 Å². The second-order valence-corrected chi connectivity index (χ2v) is 8.66. The Morgan fingerprint density at radius 3 is 2.19 bits per heavy atom. The van der Waals surface area contributed by atoms with E-state index in [0.29, 0.717) is 13.0 Å². The predicted molar refractivity (Wildman–Crippen MR) is 103 cm³/mol. The molecule has 1 N–H and O–H groups in total. The molecule has 26 heavy (non-hydrogen) atoms. The number of carbonyl (C=O) groups is 1. The van der Waals surface area contributed by atoms with E-state index in [9.17, 15) is 14.5 Å². The zero-order chi connectivity index (χ0) is 19.6. The molecule has 1 amide bonds. The lowest BCUT2D eigenvalue weighted by molar-refractivity contribution is -0.135. The second-order valence-electron chi connectivity index (χ2n) is 6.18. The summed E-state index contributed by atoms with van der Waals surface area (Å²) in [4.78, 5) is 14.6. The number of carbonyl (C=O) groups excluding carboxylic acids is 1. The summed E-state index contributed by atoms with van der Waals surface area (Å²) >= 11 is 0. The summed E-state index contributed by atoms with van der Waals surface area (Å²) in [6.45, 7) is 7.96. The summed E-state index contributed by atoms with van der Waals surface area (Å²) in [5.74, 6) is -0.165. The molecule has 0 fully saturated rings. The monoisotopic (exact) mass is 385 g/mol. The second kappa shape index (κ2) is 11.5. The lowest BCUT2D eigenvalue weighted by Gasteiger charge is -2.32. The van der Waals surface area contributed by atoms with Crippen LogP contribution in [0, 0.1) is 0 Å². The van der Waals surface area contributed by atoms with Crippen molar-refractivity contribution in [2.75, 3.05) is 19.8 Å². The fourth-order valence-electron chi connectivity index (χ4n) is 2.78. The van der Waals surface area contributed by atoms with Crippen LogP contribution in [0.1, 0.15) is 46.1 Å². The smallest absolute Gasteiger partial charge is 0.333 e. The minimum Gasteiger partial charge on any atom is -0.394 e. The molecule has 1 unspecified atom stereocenters. The molecule has 7 heteroatoms. The first-order chi connectivity index (χ1) is 12.4. The lowest BCUT2D eigenvalue weighted by atomic mass is 10.1. The minimum absolute atomic E-state index is 0.0423. The van der Waals surface area contributed by atoms with Crippen molar-refractivity contribution >= 4 is 13.5 Å². The third-order valence-corrected chi connectivity index (χ3v) is 6.77. The van der Waals surface area contributed by atoms with Gasteiger partial charge in [0.2, 0.25) is 5.91 Å². The summed E-state index contributed by atoms with van der Waals surface area (Å²) in [6.07, 6.45) is 0.679. The van der Waals surface area contributed by atoms with Gasteiger partial charge >= 0.3 is 7.60 Å². The Morgan fingerprint density at radius 1 is 1.15 bits per heavy atom. The van der Waals surface area contributed by atoms with Crippen LogP contribution in [-0.2, 0) is 25.0 Å². The van der Waals surface area contributed by atoms with Crippen molar-refractivity contribution in [2.24, 2.45) is 0 Å². The lowest BCUT2D eigenvalue weighted by Crippen LogP contribution is -2.42. The molecule has 1 aromatic carbocycles. The molecule has 0 saturated carbocycles. The molecule has 0 aliphatic heterocycles. The Balaban J connectivity index is 2.95. The highest BCUT2D eigenvalue weighted by Gasteiger charge is 2.35. The molecule has 1 rings (SSSR count). The predicted octanol–water partition coefficient (Wildman–Crippen LogP) is 3.83. The maximum Gasteiger partial charge on any atom is 0.333 e. The van der Waals surface area contributed by atoms with Crippen LogP contribution < -0.4 is 0 Å². The van der Waals surface area contributed by atoms with Gasteiger partial charge in [-0.1, -0.05) is 44.2 Å². The van der Waals surface area contributed by atoms with Gasteiger partial charge in [0.25, 0.3) is 0 Å². The maximum atomic E-state index is 13.0. The Bertz CT molecular complexity index is 567. The van der Waals surface area contributed by atoms with E-state index in [1.807, 2.05) is 37.3 Å². The molecule has 0 spiro atoms. The van der Waals surface area contributed by atoms with Gasteiger partial charge in [-0.3, -0.25) is 9.36 Å². The zero-order valence-electron chi connectivity index (χ0n) is 16.3. The Morgan fingerprint density at radius 2 is 1.73 bits per heavy atom. The van der Waals surface area contributed by atoms with Gasteiger partial charge in [0, 0.05) is 13.0 Å². The van der Waals surface area contributed by atoms with Gasteiger partial charge in [-0.05, 0) is 25.8 Å². The van der Waals surface area contributed by atoms with Crippen LogP contribution in [0.4, 0.5) is 0 Å². The molecule has 148 valence electrons. The number of amides is 1. The number of aliphatic hydroxyl groups is 1. The van der Waals surface area contributed by atoms with Gasteiger partial charge in [0.1, 0.15) is 0 Å². The van der Waals surface area contributed by atoms with Crippen LogP contribution >= 0.6 is 7.60 Å². The van der Waals surface area contributed by atoms with Gasteiger partial charge in [0.05, 0.1) is 31.5 Å². The summed E-state index contributed by atoms with van der Waals surface area (Å²) in [5, 5.41) is 9.69. The molecule has 1 aromatic rings. The molecular formula is C19H32NO5P. The third kappa shape index (κ3) is 6.51. The van der Waals surface area contributed by atoms with Crippen molar-refractivity contribution in [3.05, 3.63) is 35.9 Å². The Kier molecular flexibility index (Phi) is 10.1. The molecule has 0 saturated heterocycles. The van der Waals surface area contributed by atoms with E-state index >= 15 is 0 Å². The maximum absolute atomic E-state index is 13.0. The van der Waals surface area contributed by atoms with Crippen LogP contribution in [0.3, 0.4) is 0 Å². The largest absolute Gasteiger partial charge is 0.394 e. The van der Waals surface area contributed by atoms with Gasteiger partial charge in [-0.25, -0.2) is 0 Å². The Hall–Kier alpha value is -1.20. The van der Waals surface area contributed by atoms with E-state index in [1.54, 1.807) is 25.7 Å². The quantitative estimate of drug-likeness (QED) is 0.554. The van der Waals surface area contributed by atoms with Crippen LogP contribution in [0.15, 0.2) is 30.3 Å². The first-order valence-electron chi connectivity index (χ1n) is 9.24. The van der Waals surface area contributed by atoms with E-state index in [2.05, 4.69) is 0 Å². The van der Waals surface area contributed by atoms with Crippen molar-refractivity contribution in [1.29, 1.82) is 0 Å². The molecule has 6 nitrogen and oxygen atoms in total. The standard InChI is InChI=1S/C19H32NO5P/c1-5-18(15-21)20(14-17-11-9-8-10-12-17)19(22)13-16(4)26(23,24-6-2)25-7-3/h8-12,16,18,21H,5-7,13-15H2,1-4H3/t16?,18-/m1/s1. The van der Waals surface area contributed by atoms with Gasteiger partial charge in [-0.15, -0.1) is 0 Å². The fourth-order valence-corrected chi connectivity index (χ4v) is 4.47. The number of aliphatic hydroxyl groups excluding tert-OH is 1. The number of rotatable bonds is 12. The number of hydrogen-bond donors (Lipinski definition) is 1. The normalized spacial score (nSPS) is 14.0. The van der Waals surface area contributed by atoms with Crippen molar-refractivity contribution in [3.63, 3.8) is 0 Å². The highest BCUT2D eigenvalue weighted by Crippen LogP contribution is 2.54. The molecule has 0 bridgehead atoms. The molecule has 0 aliphatic rings. The van der Waals surface area contributed by atoms with E-state index in [4.69, 9.17) is 9.05 Å². The van der Waals surface area contributed by atoms with E-state index in [0.717, 1.165) is 5.56 Å². The molecule has 2 atom stereocenters. The van der Waals surface area contributed by atoms with Crippen molar-refractivity contribution in [2.45, 2.75) is 58.8 Å². The molecule has 0 aromatic heterocycles. The summed E-state index contributed by atoms with van der Waals surface area (Å²) in [5.41, 5.74) is 0.433. The van der Waals surface area contributed by atoms with Crippen LogP contribution in [0.25, 0.3) is 0 Å². The average molecular weight is 385 g/mol. The first-order valence-corrected chi connectivity index (χ1v) is 10.9. The molecule has 0 aliphatic carbocycles. The summed E-state index contributed by atoms with van der Waals surface area (Å²) in [7, 11) is -3.34. The number of benzene rings is 1. The van der Waals surface area contributed by atoms with Crippen LogP contribution in [0.2, 0.25) is 0 Å². The van der Waals surface area contributed by atoms with Crippen LogP contribution in [-0.4, -0.2) is 47.4 Å². The van der Waals surface area contributed by atoms with E-state index in [1.165, 1.54) is 0 Å². The zero-order valence-corrected chi connectivity index (χ0v) is 17.2. The molecule has 0 heterocycles. The number of hydrogen-bond acceptors (Lipinski definition) is 5. The van der Waals surface area contributed by atoms with Crippen molar-refractivity contribution < 1.29 is 23.5 Å². The minimum atomic E-state index is -3.34. The van der Waals surface area contributed by atoms with Gasteiger partial charge < -0.3 is 19.1 Å². The number of nitrogens with zero attached hydrogens (tertiary/aromatic N) is 1. The molecular weight excluding hydrogens is 353 g/mol. The Labute approximate surface area is 157 Å². The first kappa shape index (κ1) is 22.8. The van der Waals surface area contributed by atoms with Gasteiger partial charge in [0.15, 0.2) is 0 Å². The molecule has 0 radical (unpaired) electrons. The highest BCUT2D eigenvalue weighted by molar-refractivity contribution is 7.54. The third-order valence-electron chi connectivity index (χ3n) is 4.27. The topological polar surface area (TPSA) is 76.1 Å². The summed E-state index contributed by atoms with van der Waals surface area (Å²) in [6, 6.07) is 9.35. The average Bonchev–Trinajstić information content (AvgIpc) is 2.63. The van der Waals surface area contributed by atoms with E-state index in [-0.39, 0.29) is 38.2 Å². The SMILES string of the molecule is CCOP(=O)(OCC)C(C)CC(=O)N(Cc1ccccc1)[C@H](CC)CO. The highest BCUT2D eigenvalue weighted by atomic mass is 31.2. The van der Waals surface area contributed by atoms with E-state index < -0.39 is 13.3 Å². The van der Waals surface area contributed by atoms with Crippen molar-refractivity contribution in [1.82, 2.24) is 4.90 Å². The van der Waals surface area contributed by atoms with Gasteiger partial charge in [-0.2, -0.15) is 0 Å². The van der Waals surface area contributed by atoms with Crippen molar-refractivity contribution in [3.8, 4) is 0 Å². The fraction of sp³-hybridized carbons (Fsp3) is 0.632.